The Hall–Kier alpha value is -2.10. The molecule has 1 aromatic heterocycles. The second-order valence-corrected chi connectivity index (χ2v) is 7.79. The molecule has 0 radical (unpaired) electrons. The molecule has 1 aliphatic heterocycles. The Morgan fingerprint density at radius 3 is 2.40 bits per heavy atom. The van der Waals surface area contributed by atoms with Crippen LogP contribution in [0.1, 0.15) is 36.9 Å². The Labute approximate surface area is 194 Å². The van der Waals surface area contributed by atoms with Gasteiger partial charge in [-0.3, -0.25) is 9.79 Å². The smallest absolute Gasteiger partial charge is 0.289 e. The molecule has 1 saturated heterocycles. The summed E-state index contributed by atoms with van der Waals surface area (Å²) in [6.45, 7) is 9.77. The van der Waals surface area contributed by atoms with E-state index in [4.69, 9.17) is 9.41 Å². The third kappa shape index (κ3) is 5.74. The molecular formula is C22H30FIN4O2. The zero-order chi connectivity index (χ0) is 20.9. The molecule has 30 heavy (non-hydrogen) atoms. The Morgan fingerprint density at radius 2 is 1.80 bits per heavy atom. The summed E-state index contributed by atoms with van der Waals surface area (Å²) in [6.07, 6.45) is 1.51. The monoisotopic (exact) mass is 528 g/mol. The van der Waals surface area contributed by atoms with Gasteiger partial charge in [0.25, 0.3) is 5.91 Å². The molecule has 2 aromatic rings. The van der Waals surface area contributed by atoms with Gasteiger partial charge in [0, 0.05) is 38.1 Å². The first kappa shape index (κ1) is 24.2. The Kier molecular flexibility index (Phi) is 8.69. The van der Waals surface area contributed by atoms with Gasteiger partial charge in [-0.15, -0.1) is 24.0 Å². The summed E-state index contributed by atoms with van der Waals surface area (Å²) in [7, 11) is 0. The van der Waals surface area contributed by atoms with Crippen molar-refractivity contribution >= 4 is 35.8 Å². The van der Waals surface area contributed by atoms with Crippen LogP contribution in [0.2, 0.25) is 0 Å². The molecule has 1 N–H and O–H groups in total. The molecule has 0 bridgehead atoms. The highest BCUT2D eigenvalue weighted by atomic mass is 127. The highest BCUT2D eigenvalue weighted by Gasteiger charge is 2.27. The summed E-state index contributed by atoms with van der Waals surface area (Å²) >= 11 is 0. The van der Waals surface area contributed by atoms with Gasteiger partial charge >= 0.3 is 0 Å². The van der Waals surface area contributed by atoms with Crippen LogP contribution in [0.3, 0.4) is 0 Å². The quantitative estimate of drug-likeness (QED) is 0.365. The van der Waals surface area contributed by atoms with Crippen molar-refractivity contribution in [1.29, 1.82) is 0 Å². The predicted molar refractivity (Wildman–Crippen MR) is 127 cm³/mol. The molecule has 8 heteroatoms. The van der Waals surface area contributed by atoms with Crippen molar-refractivity contribution in [1.82, 2.24) is 15.1 Å². The van der Waals surface area contributed by atoms with E-state index in [1.807, 2.05) is 32.9 Å². The number of benzene rings is 1. The van der Waals surface area contributed by atoms with Gasteiger partial charge in [0.2, 0.25) is 0 Å². The lowest BCUT2D eigenvalue weighted by atomic mass is 9.84. The lowest BCUT2D eigenvalue weighted by molar-refractivity contribution is 0.0657. The minimum Gasteiger partial charge on any atom is -0.459 e. The molecule has 1 aliphatic rings. The third-order valence-corrected chi connectivity index (χ3v) is 5.16. The molecule has 0 atom stereocenters. The number of guanidine groups is 1. The fourth-order valence-electron chi connectivity index (χ4n) is 3.47. The summed E-state index contributed by atoms with van der Waals surface area (Å²) in [6, 6.07) is 10.3. The van der Waals surface area contributed by atoms with Crippen molar-refractivity contribution in [2.24, 2.45) is 4.99 Å². The van der Waals surface area contributed by atoms with E-state index < -0.39 is 5.41 Å². The lowest BCUT2D eigenvalue weighted by Crippen LogP contribution is -2.54. The molecule has 2 heterocycles. The Bertz CT molecular complexity index is 847. The maximum absolute atomic E-state index is 14.2. The first-order chi connectivity index (χ1) is 13.9. The molecule has 0 aliphatic carbocycles. The lowest BCUT2D eigenvalue weighted by Gasteiger charge is -2.36. The molecule has 1 fully saturated rings. The number of hydrogen-bond donors (Lipinski definition) is 1. The number of nitrogens with one attached hydrogen (secondary N) is 1. The average Bonchev–Trinajstić information content (AvgIpc) is 3.26. The van der Waals surface area contributed by atoms with Gasteiger partial charge in [0.15, 0.2) is 11.7 Å². The number of carbonyl (C=O) groups is 1. The predicted octanol–water partition coefficient (Wildman–Crippen LogP) is 3.74. The molecule has 0 spiro atoms. The maximum atomic E-state index is 14.2. The van der Waals surface area contributed by atoms with E-state index in [1.54, 1.807) is 23.1 Å². The van der Waals surface area contributed by atoms with Crippen LogP contribution >= 0.6 is 24.0 Å². The summed E-state index contributed by atoms with van der Waals surface area (Å²) < 4.78 is 19.4. The van der Waals surface area contributed by atoms with Gasteiger partial charge in [-0.05, 0) is 30.7 Å². The van der Waals surface area contributed by atoms with E-state index in [0.717, 1.165) is 12.5 Å². The number of carbonyl (C=O) groups excluding carboxylic acids is 1. The molecule has 1 aromatic carbocycles. The second kappa shape index (κ2) is 10.8. The van der Waals surface area contributed by atoms with Crippen LogP contribution in [0, 0.1) is 5.82 Å². The molecular weight excluding hydrogens is 498 g/mol. The van der Waals surface area contributed by atoms with Crippen LogP contribution in [-0.4, -0.2) is 60.9 Å². The third-order valence-electron chi connectivity index (χ3n) is 5.16. The van der Waals surface area contributed by atoms with Gasteiger partial charge in [-0.1, -0.05) is 32.0 Å². The van der Waals surface area contributed by atoms with E-state index in [9.17, 15) is 9.18 Å². The van der Waals surface area contributed by atoms with Crippen molar-refractivity contribution in [2.75, 3.05) is 39.3 Å². The van der Waals surface area contributed by atoms with Crippen LogP contribution in [-0.2, 0) is 5.41 Å². The molecule has 0 saturated carbocycles. The number of amides is 1. The van der Waals surface area contributed by atoms with Gasteiger partial charge in [-0.2, -0.15) is 0 Å². The average molecular weight is 528 g/mol. The van der Waals surface area contributed by atoms with E-state index in [2.05, 4.69) is 10.2 Å². The van der Waals surface area contributed by atoms with Crippen molar-refractivity contribution in [3.63, 3.8) is 0 Å². The first-order valence-corrected chi connectivity index (χ1v) is 10.0. The molecule has 6 nitrogen and oxygen atoms in total. The van der Waals surface area contributed by atoms with Crippen molar-refractivity contribution in [3.05, 3.63) is 59.8 Å². The van der Waals surface area contributed by atoms with Crippen LogP contribution in [0.4, 0.5) is 4.39 Å². The molecule has 1 amide bonds. The number of rotatable bonds is 5. The van der Waals surface area contributed by atoms with Crippen LogP contribution in [0.15, 0.2) is 52.1 Å². The van der Waals surface area contributed by atoms with Gasteiger partial charge < -0.3 is 19.5 Å². The fourth-order valence-corrected chi connectivity index (χ4v) is 3.47. The minimum atomic E-state index is -0.427. The van der Waals surface area contributed by atoms with Gasteiger partial charge in [0.05, 0.1) is 12.8 Å². The summed E-state index contributed by atoms with van der Waals surface area (Å²) in [5.41, 5.74) is 0.233. The number of piperazine rings is 1. The maximum Gasteiger partial charge on any atom is 0.289 e. The highest BCUT2D eigenvalue weighted by molar-refractivity contribution is 14.0. The normalized spacial score (nSPS) is 15.0. The van der Waals surface area contributed by atoms with E-state index >= 15 is 0 Å². The van der Waals surface area contributed by atoms with Crippen LogP contribution in [0.25, 0.3) is 0 Å². The Balaban J connectivity index is 0.00000320. The number of nitrogens with zero attached hydrogens (tertiary/aromatic N) is 3. The topological polar surface area (TPSA) is 61.1 Å². The molecule has 0 unspecified atom stereocenters. The number of hydrogen-bond acceptors (Lipinski definition) is 3. The van der Waals surface area contributed by atoms with Crippen LogP contribution < -0.4 is 5.32 Å². The molecule has 164 valence electrons. The number of halogens is 2. The van der Waals surface area contributed by atoms with Crippen LogP contribution in [0.5, 0.6) is 0 Å². The van der Waals surface area contributed by atoms with E-state index in [-0.39, 0.29) is 35.7 Å². The first-order valence-electron chi connectivity index (χ1n) is 10.0. The van der Waals surface area contributed by atoms with E-state index in [1.165, 1.54) is 12.3 Å². The van der Waals surface area contributed by atoms with E-state index in [0.29, 0.717) is 44.0 Å². The van der Waals surface area contributed by atoms with Crippen molar-refractivity contribution in [3.8, 4) is 0 Å². The van der Waals surface area contributed by atoms with Gasteiger partial charge in [0.1, 0.15) is 5.82 Å². The largest absolute Gasteiger partial charge is 0.459 e. The SMILES string of the molecule is CCNC(=NCC(C)(C)c1ccccc1F)N1CCN(C(=O)c2ccco2)CC1.I. The zero-order valence-electron chi connectivity index (χ0n) is 17.7. The van der Waals surface area contributed by atoms with Crippen molar-refractivity contribution in [2.45, 2.75) is 26.2 Å². The summed E-state index contributed by atoms with van der Waals surface area (Å²) in [5, 5.41) is 3.32. The van der Waals surface area contributed by atoms with Crippen molar-refractivity contribution < 1.29 is 13.6 Å². The Morgan fingerprint density at radius 1 is 1.13 bits per heavy atom. The fraction of sp³-hybridized carbons (Fsp3) is 0.455. The highest BCUT2D eigenvalue weighted by Crippen LogP contribution is 2.26. The number of furan rings is 1. The summed E-state index contributed by atoms with van der Waals surface area (Å²) in [4.78, 5) is 21.2. The zero-order valence-corrected chi connectivity index (χ0v) is 20.1. The standard InChI is InChI=1S/C22H29FN4O2.HI/c1-4-24-21(25-16-22(2,3)17-8-5-6-9-18(17)23)27-13-11-26(12-14-27)20(28)19-10-7-15-29-19;/h5-10,15H,4,11-14,16H2,1-3H3,(H,24,25);1H. The summed E-state index contributed by atoms with van der Waals surface area (Å²) in [5.74, 6) is 0.868. The number of aliphatic imine (C=N–C) groups is 1. The molecule has 3 rings (SSSR count). The second-order valence-electron chi connectivity index (χ2n) is 7.79. The minimum absolute atomic E-state index is 0. The van der Waals surface area contributed by atoms with Gasteiger partial charge in [-0.25, -0.2) is 4.39 Å².